The molecule has 1 fully saturated rings. The Morgan fingerprint density at radius 1 is 1.25 bits per heavy atom. The maximum absolute atomic E-state index is 13.3. The van der Waals surface area contributed by atoms with Crippen molar-refractivity contribution >= 4 is 27.6 Å². The van der Waals surface area contributed by atoms with Crippen molar-refractivity contribution in [3.05, 3.63) is 69.8 Å². The molecule has 1 atom stereocenters. The van der Waals surface area contributed by atoms with Gasteiger partial charge in [0.2, 0.25) is 0 Å². The van der Waals surface area contributed by atoms with E-state index in [4.69, 9.17) is 5.73 Å². The molecule has 1 saturated heterocycles. The van der Waals surface area contributed by atoms with Crippen molar-refractivity contribution in [2.45, 2.75) is 32.4 Å². The SMILES string of the molecule is Cc1cc(N2CCC[C@@H](N)C2)c2c(n1)n(C)c(=O)n2Cc1ccc2ccccc2c1C#N. The van der Waals surface area contributed by atoms with Crippen LogP contribution < -0.4 is 16.3 Å². The molecule has 1 aliphatic rings. The zero-order valence-electron chi connectivity index (χ0n) is 18.4. The molecule has 7 nitrogen and oxygen atoms in total. The number of benzene rings is 2. The fourth-order valence-electron chi connectivity index (χ4n) is 4.86. The molecule has 7 heteroatoms. The third-order valence-electron chi connectivity index (χ3n) is 6.44. The van der Waals surface area contributed by atoms with E-state index in [1.165, 1.54) is 0 Å². The number of imidazole rings is 1. The van der Waals surface area contributed by atoms with E-state index in [-0.39, 0.29) is 11.7 Å². The summed E-state index contributed by atoms with van der Waals surface area (Å²) in [5.41, 5.74) is 10.9. The number of pyridine rings is 1. The number of hydrogen-bond acceptors (Lipinski definition) is 5. The molecule has 32 heavy (non-hydrogen) atoms. The molecule has 0 aliphatic carbocycles. The van der Waals surface area contributed by atoms with Gasteiger partial charge in [0.25, 0.3) is 0 Å². The summed E-state index contributed by atoms with van der Waals surface area (Å²) in [4.78, 5) is 20.3. The zero-order valence-corrected chi connectivity index (χ0v) is 18.4. The van der Waals surface area contributed by atoms with E-state index in [0.717, 1.165) is 59.2 Å². The van der Waals surface area contributed by atoms with Gasteiger partial charge in [-0.25, -0.2) is 9.78 Å². The third kappa shape index (κ3) is 3.24. The molecular formula is C25H26N6O. The van der Waals surface area contributed by atoms with E-state index in [1.54, 1.807) is 16.2 Å². The summed E-state index contributed by atoms with van der Waals surface area (Å²) < 4.78 is 3.35. The fourth-order valence-corrected chi connectivity index (χ4v) is 4.86. The van der Waals surface area contributed by atoms with Crippen LogP contribution in [0.1, 0.15) is 29.7 Å². The van der Waals surface area contributed by atoms with Crippen LogP contribution in [0.15, 0.2) is 47.3 Å². The molecule has 0 saturated carbocycles. The lowest BCUT2D eigenvalue weighted by Gasteiger charge is -2.33. The molecule has 2 aromatic carbocycles. The number of piperidine rings is 1. The first-order valence-corrected chi connectivity index (χ1v) is 11.0. The lowest BCUT2D eigenvalue weighted by atomic mass is 9.99. The number of nitrogens with two attached hydrogens (primary N) is 1. The zero-order chi connectivity index (χ0) is 22.4. The molecular weight excluding hydrogens is 400 g/mol. The third-order valence-corrected chi connectivity index (χ3v) is 6.44. The van der Waals surface area contributed by atoms with Gasteiger partial charge in [-0.05, 0) is 42.2 Å². The second kappa shape index (κ2) is 7.81. The van der Waals surface area contributed by atoms with Crippen molar-refractivity contribution in [3.8, 4) is 6.07 Å². The van der Waals surface area contributed by atoms with Crippen molar-refractivity contribution in [3.63, 3.8) is 0 Å². The predicted molar refractivity (Wildman–Crippen MR) is 127 cm³/mol. The van der Waals surface area contributed by atoms with Crippen LogP contribution in [-0.4, -0.2) is 33.2 Å². The first-order valence-electron chi connectivity index (χ1n) is 11.0. The van der Waals surface area contributed by atoms with E-state index in [0.29, 0.717) is 17.8 Å². The van der Waals surface area contributed by atoms with E-state index in [9.17, 15) is 10.1 Å². The van der Waals surface area contributed by atoms with Gasteiger partial charge in [-0.3, -0.25) is 9.13 Å². The average Bonchev–Trinajstić information content (AvgIpc) is 3.03. The quantitative estimate of drug-likeness (QED) is 0.544. The summed E-state index contributed by atoms with van der Waals surface area (Å²) in [7, 11) is 1.75. The summed E-state index contributed by atoms with van der Waals surface area (Å²) in [5, 5.41) is 11.8. The lowest BCUT2D eigenvalue weighted by Crippen LogP contribution is -2.43. The van der Waals surface area contributed by atoms with Crippen LogP contribution in [-0.2, 0) is 13.6 Å². The van der Waals surface area contributed by atoms with Crippen molar-refractivity contribution in [2.75, 3.05) is 18.0 Å². The largest absolute Gasteiger partial charge is 0.368 e. The van der Waals surface area contributed by atoms with Gasteiger partial charge in [0, 0.05) is 31.9 Å². The van der Waals surface area contributed by atoms with Crippen LogP contribution in [0.2, 0.25) is 0 Å². The van der Waals surface area contributed by atoms with E-state index >= 15 is 0 Å². The second-order valence-corrected chi connectivity index (χ2v) is 8.66. The Kier molecular flexibility index (Phi) is 4.95. The maximum Gasteiger partial charge on any atom is 0.330 e. The number of nitrogens with zero attached hydrogens (tertiary/aromatic N) is 5. The van der Waals surface area contributed by atoms with Crippen molar-refractivity contribution in [2.24, 2.45) is 12.8 Å². The number of anilines is 1. The molecule has 0 amide bonds. The van der Waals surface area contributed by atoms with E-state index in [2.05, 4.69) is 16.0 Å². The summed E-state index contributed by atoms with van der Waals surface area (Å²) >= 11 is 0. The van der Waals surface area contributed by atoms with Gasteiger partial charge >= 0.3 is 5.69 Å². The monoisotopic (exact) mass is 426 g/mol. The van der Waals surface area contributed by atoms with Crippen LogP contribution in [0.4, 0.5) is 5.69 Å². The number of aryl methyl sites for hydroxylation is 2. The van der Waals surface area contributed by atoms with E-state index in [1.807, 2.05) is 49.4 Å². The minimum atomic E-state index is -0.141. The number of hydrogen-bond donors (Lipinski definition) is 1. The molecule has 2 N–H and O–H groups in total. The Hall–Kier alpha value is -3.63. The molecule has 0 radical (unpaired) electrons. The van der Waals surface area contributed by atoms with Gasteiger partial charge in [-0.15, -0.1) is 0 Å². The van der Waals surface area contributed by atoms with Crippen molar-refractivity contribution in [1.29, 1.82) is 5.26 Å². The normalized spacial score (nSPS) is 16.6. The standard InChI is InChI=1S/C25H26N6O/c1-16-12-22(30-11-5-7-19(27)15-30)23-24(28-16)29(2)25(32)31(23)14-18-10-9-17-6-3-4-8-20(17)21(18)13-26/h3-4,6,8-10,12,19H,5,7,11,14-15,27H2,1-2H3/t19-/m1/s1. The van der Waals surface area contributed by atoms with Gasteiger partial charge in [-0.1, -0.05) is 36.4 Å². The number of nitriles is 1. The Morgan fingerprint density at radius 2 is 2.06 bits per heavy atom. The summed E-state index contributed by atoms with van der Waals surface area (Å²) in [6.07, 6.45) is 2.03. The van der Waals surface area contributed by atoms with Crippen LogP contribution in [0, 0.1) is 18.3 Å². The highest BCUT2D eigenvalue weighted by atomic mass is 16.1. The Labute approximate surface area is 186 Å². The number of fused-ring (bicyclic) bond motifs is 2. The Balaban J connectivity index is 1.72. The molecule has 0 unspecified atom stereocenters. The molecule has 3 heterocycles. The molecule has 4 aromatic rings. The van der Waals surface area contributed by atoms with Gasteiger partial charge in [0.05, 0.1) is 17.8 Å². The molecule has 0 bridgehead atoms. The smallest absolute Gasteiger partial charge is 0.330 e. The van der Waals surface area contributed by atoms with Gasteiger partial charge < -0.3 is 10.6 Å². The van der Waals surface area contributed by atoms with Crippen LogP contribution in [0.3, 0.4) is 0 Å². The van der Waals surface area contributed by atoms with Crippen molar-refractivity contribution < 1.29 is 0 Å². The van der Waals surface area contributed by atoms with Gasteiger partial charge in [-0.2, -0.15) is 5.26 Å². The molecule has 0 spiro atoms. The van der Waals surface area contributed by atoms with Crippen molar-refractivity contribution in [1.82, 2.24) is 14.1 Å². The summed E-state index contributed by atoms with van der Waals surface area (Å²) in [6.45, 7) is 3.91. The summed E-state index contributed by atoms with van der Waals surface area (Å²) in [5.74, 6) is 0. The first kappa shape index (κ1) is 20.3. The van der Waals surface area contributed by atoms with E-state index < -0.39 is 0 Å². The number of aromatic nitrogens is 3. The maximum atomic E-state index is 13.3. The predicted octanol–water partition coefficient (Wildman–Crippen LogP) is 3.04. The average molecular weight is 427 g/mol. The Morgan fingerprint density at radius 3 is 2.84 bits per heavy atom. The summed E-state index contributed by atoms with van der Waals surface area (Å²) in [6, 6.07) is 16.3. The molecule has 162 valence electrons. The van der Waals surface area contributed by atoms with Crippen LogP contribution in [0.25, 0.3) is 21.9 Å². The number of rotatable bonds is 3. The minimum Gasteiger partial charge on any atom is -0.368 e. The molecule has 2 aromatic heterocycles. The second-order valence-electron chi connectivity index (χ2n) is 8.66. The van der Waals surface area contributed by atoms with Crippen LogP contribution in [0.5, 0.6) is 0 Å². The highest BCUT2D eigenvalue weighted by Crippen LogP contribution is 2.30. The van der Waals surface area contributed by atoms with Crippen LogP contribution >= 0.6 is 0 Å². The fraction of sp³-hybridized carbons (Fsp3) is 0.320. The highest BCUT2D eigenvalue weighted by molar-refractivity contribution is 5.90. The first-order chi connectivity index (χ1) is 15.5. The van der Waals surface area contributed by atoms with Gasteiger partial charge in [0.1, 0.15) is 11.6 Å². The topological polar surface area (TPSA) is 92.9 Å². The Bertz CT molecular complexity index is 1440. The molecule has 1 aliphatic heterocycles. The molecule has 5 rings (SSSR count). The lowest BCUT2D eigenvalue weighted by molar-refractivity contribution is 0.506. The highest BCUT2D eigenvalue weighted by Gasteiger charge is 2.24. The van der Waals surface area contributed by atoms with Gasteiger partial charge in [0.15, 0.2) is 5.65 Å². The minimum absolute atomic E-state index is 0.113.